The van der Waals surface area contributed by atoms with Crippen LogP contribution in [0.4, 0.5) is 0 Å². The first kappa shape index (κ1) is 17.6. The van der Waals surface area contributed by atoms with E-state index in [-0.39, 0.29) is 11.7 Å². The van der Waals surface area contributed by atoms with Crippen LogP contribution in [0.15, 0.2) is 47.5 Å². The largest absolute Gasteiger partial charge is 0.299 e. The summed E-state index contributed by atoms with van der Waals surface area (Å²) in [7, 11) is 0. The molecule has 0 aromatic heterocycles. The standard InChI is InChI=1S/C19H22N2O/c1-5-6-19(18-11-9-17(13-20)10-12-18)21-15(3)8-7-14(2)16(4)22/h6-12,14H,5H2,1-4H3/b8-7-,19-6?,21-15?. The molecule has 0 aliphatic rings. The lowest BCUT2D eigenvalue weighted by Gasteiger charge is -2.04. The summed E-state index contributed by atoms with van der Waals surface area (Å²) >= 11 is 0. The van der Waals surface area contributed by atoms with Crippen molar-refractivity contribution in [3.63, 3.8) is 0 Å². The van der Waals surface area contributed by atoms with Crippen molar-refractivity contribution in [1.82, 2.24) is 0 Å². The van der Waals surface area contributed by atoms with Crippen LogP contribution in [0.2, 0.25) is 0 Å². The predicted octanol–water partition coefficient (Wildman–Crippen LogP) is 4.55. The SMILES string of the molecule is CCC=C(N=C(C)/C=C\C(C)C(C)=O)c1ccc(C#N)cc1. The summed E-state index contributed by atoms with van der Waals surface area (Å²) in [4.78, 5) is 15.9. The average molecular weight is 294 g/mol. The summed E-state index contributed by atoms with van der Waals surface area (Å²) in [6, 6.07) is 9.49. The van der Waals surface area contributed by atoms with Crippen molar-refractivity contribution < 1.29 is 4.79 Å². The lowest BCUT2D eigenvalue weighted by molar-refractivity contribution is -0.118. The van der Waals surface area contributed by atoms with E-state index < -0.39 is 0 Å². The molecule has 1 rings (SSSR count). The van der Waals surface area contributed by atoms with E-state index in [1.54, 1.807) is 19.1 Å². The maximum Gasteiger partial charge on any atom is 0.136 e. The molecule has 0 aliphatic carbocycles. The average Bonchev–Trinajstić information content (AvgIpc) is 2.52. The Hall–Kier alpha value is -2.47. The van der Waals surface area contributed by atoms with Crippen LogP contribution in [0, 0.1) is 17.2 Å². The fraction of sp³-hybridized carbons (Fsp3) is 0.316. The van der Waals surface area contributed by atoms with Gasteiger partial charge in [-0.05, 0) is 44.0 Å². The van der Waals surface area contributed by atoms with Crippen LogP contribution in [-0.2, 0) is 4.79 Å². The van der Waals surface area contributed by atoms with E-state index in [1.807, 2.05) is 44.2 Å². The monoisotopic (exact) mass is 294 g/mol. The normalized spacial score (nSPS) is 14.0. The number of carbonyl (C=O) groups excluding carboxylic acids is 1. The van der Waals surface area contributed by atoms with Crippen molar-refractivity contribution in [3.8, 4) is 6.07 Å². The maximum absolute atomic E-state index is 11.2. The van der Waals surface area contributed by atoms with Crippen LogP contribution in [0.3, 0.4) is 0 Å². The minimum Gasteiger partial charge on any atom is -0.299 e. The second-order valence-electron chi connectivity index (χ2n) is 5.20. The Morgan fingerprint density at radius 1 is 1.32 bits per heavy atom. The zero-order valence-electron chi connectivity index (χ0n) is 13.6. The van der Waals surface area contributed by atoms with Gasteiger partial charge in [0, 0.05) is 11.6 Å². The first-order chi connectivity index (χ1) is 10.5. The smallest absolute Gasteiger partial charge is 0.136 e. The molecule has 3 heteroatoms. The summed E-state index contributed by atoms with van der Waals surface area (Å²) in [5.41, 5.74) is 3.34. The Kier molecular flexibility index (Phi) is 6.98. The molecule has 1 unspecified atom stereocenters. The van der Waals surface area contributed by atoms with Gasteiger partial charge in [-0.2, -0.15) is 5.26 Å². The number of hydrogen-bond acceptors (Lipinski definition) is 3. The van der Waals surface area contributed by atoms with E-state index in [2.05, 4.69) is 18.0 Å². The molecule has 0 amide bonds. The molecule has 22 heavy (non-hydrogen) atoms. The van der Waals surface area contributed by atoms with Crippen LogP contribution in [0.1, 0.15) is 45.2 Å². The third kappa shape index (κ3) is 5.49. The van der Waals surface area contributed by atoms with Crippen molar-refractivity contribution in [2.75, 3.05) is 0 Å². The van der Waals surface area contributed by atoms with Crippen molar-refractivity contribution >= 4 is 17.2 Å². The summed E-state index contributed by atoms with van der Waals surface area (Å²) < 4.78 is 0. The van der Waals surface area contributed by atoms with E-state index in [0.717, 1.165) is 23.4 Å². The number of hydrogen-bond donors (Lipinski definition) is 0. The summed E-state index contributed by atoms with van der Waals surface area (Å²) in [6.45, 7) is 7.43. The fourth-order valence-corrected chi connectivity index (χ4v) is 1.78. The first-order valence-corrected chi connectivity index (χ1v) is 7.42. The predicted molar refractivity (Wildman–Crippen MR) is 91.5 cm³/mol. The van der Waals surface area contributed by atoms with E-state index >= 15 is 0 Å². The van der Waals surface area contributed by atoms with Gasteiger partial charge < -0.3 is 0 Å². The molecule has 0 bridgehead atoms. The van der Waals surface area contributed by atoms with Gasteiger partial charge in [0.05, 0.1) is 17.3 Å². The molecule has 3 nitrogen and oxygen atoms in total. The van der Waals surface area contributed by atoms with Gasteiger partial charge in [-0.3, -0.25) is 9.79 Å². The Morgan fingerprint density at radius 2 is 1.95 bits per heavy atom. The number of allylic oxidation sites excluding steroid dienone is 3. The molecule has 1 aromatic rings. The van der Waals surface area contributed by atoms with E-state index in [1.165, 1.54) is 0 Å². The number of benzene rings is 1. The molecule has 1 aromatic carbocycles. The third-order valence-corrected chi connectivity index (χ3v) is 3.27. The molecule has 0 radical (unpaired) electrons. The quantitative estimate of drug-likeness (QED) is 0.723. The highest BCUT2D eigenvalue weighted by Crippen LogP contribution is 2.18. The van der Waals surface area contributed by atoms with E-state index in [0.29, 0.717) is 5.56 Å². The Balaban J connectivity index is 3.01. The number of ketones is 1. The number of rotatable bonds is 6. The van der Waals surface area contributed by atoms with Gasteiger partial charge in [-0.25, -0.2) is 0 Å². The minimum atomic E-state index is -0.0985. The van der Waals surface area contributed by atoms with Crippen molar-refractivity contribution in [1.29, 1.82) is 5.26 Å². The molecule has 0 saturated carbocycles. The molecule has 1 atom stereocenters. The molecule has 114 valence electrons. The molecule has 0 aliphatic heterocycles. The van der Waals surface area contributed by atoms with Crippen LogP contribution >= 0.6 is 0 Å². The number of Topliss-reactive ketones (excluding diaryl/α,β-unsaturated/α-hetero) is 1. The van der Waals surface area contributed by atoms with E-state index in [4.69, 9.17) is 5.26 Å². The third-order valence-electron chi connectivity index (χ3n) is 3.27. The second kappa shape index (κ2) is 8.74. The highest BCUT2D eigenvalue weighted by atomic mass is 16.1. The lowest BCUT2D eigenvalue weighted by atomic mass is 10.1. The Labute approximate surface area is 132 Å². The molecular weight excluding hydrogens is 272 g/mol. The summed E-state index contributed by atoms with van der Waals surface area (Å²) in [5.74, 6) is 0.0409. The molecule has 0 heterocycles. The molecule has 0 fully saturated rings. The number of nitrogens with zero attached hydrogens (tertiary/aromatic N) is 2. The van der Waals surface area contributed by atoms with E-state index in [9.17, 15) is 4.79 Å². The van der Waals surface area contributed by atoms with Gasteiger partial charge in [0.25, 0.3) is 0 Å². The zero-order chi connectivity index (χ0) is 16.5. The number of carbonyl (C=O) groups is 1. The second-order valence-corrected chi connectivity index (χ2v) is 5.20. The minimum absolute atomic E-state index is 0.0985. The van der Waals surface area contributed by atoms with Crippen molar-refractivity contribution in [2.45, 2.75) is 34.1 Å². The molecule has 0 spiro atoms. The topological polar surface area (TPSA) is 53.2 Å². The summed E-state index contributed by atoms with van der Waals surface area (Å²) in [5, 5.41) is 8.85. The molecule has 0 N–H and O–H groups in total. The number of nitriles is 1. The zero-order valence-corrected chi connectivity index (χ0v) is 13.6. The molecule has 0 saturated heterocycles. The van der Waals surface area contributed by atoms with Crippen molar-refractivity contribution in [3.05, 3.63) is 53.6 Å². The Bertz CT molecular complexity index is 643. The van der Waals surface area contributed by atoms with Crippen LogP contribution < -0.4 is 0 Å². The van der Waals surface area contributed by atoms with Gasteiger partial charge in [0.15, 0.2) is 0 Å². The number of aliphatic imine (C=N–C) groups is 1. The maximum atomic E-state index is 11.2. The molecular formula is C19H22N2O. The van der Waals surface area contributed by atoms with Crippen molar-refractivity contribution in [2.24, 2.45) is 10.9 Å². The Morgan fingerprint density at radius 3 is 2.45 bits per heavy atom. The van der Waals surface area contributed by atoms with Crippen LogP contribution in [-0.4, -0.2) is 11.5 Å². The van der Waals surface area contributed by atoms with Gasteiger partial charge >= 0.3 is 0 Å². The highest BCUT2D eigenvalue weighted by Gasteiger charge is 2.03. The fourth-order valence-electron chi connectivity index (χ4n) is 1.78. The lowest BCUT2D eigenvalue weighted by Crippen LogP contribution is -2.02. The van der Waals surface area contributed by atoms with Gasteiger partial charge in [-0.1, -0.05) is 38.1 Å². The first-order valence-electron chi connectivity index (χ1n) is 7.42. The van der Waals surface area contributed by atoms with Gasteiger partial charge in [0.2, 0.25) is 0 Å². The van der Waals surface area contributed by atoms with Gasteiger partial charge in [-0.15, -0.1) is 0 Å². The highest BCUT2D eigenvalue weighted by molar-refractivity contribution is 5.97. The van der Waals surface area contributed by atoms with Crippen LogP contribution in [0.5, 0.6) is 0 Å². The van der Waals surface area contributed by atoms with Gasteiger partial charge in [0.1, 0.15) is 5.78 Å². The van der Waals surface area contributed by atoms with Crippen LogP contribution in [0.25, 0.3) is 5.70 Å². The summed E-state index contributed by atoms with van der Waals surface area (Å²) in [6.07, 6.45) is 6.66.